The average molecular weight is 260 g/mol. The maximum absolute atomic E-state index is 12.5. The highest BCUT2D eigenvalue weighted by Gasteiger charge is 2.50. The number of alkyl halides is 3. The van der Waals surface area contributed by atoms with Crippen molar-refractivity contribution in [1.82, 2.24) is 5.43 Å². The fourth-order valence-corrected chi connectivity index (χ4v) is 1.83. The Labute approximate surface area is 101 Å². The molecule has 1 aliphatic heterocycles. The van der Waals surface area contributed by atoms with Gasteiger partial charge in [0.05, 0.1) is 11.6 Å². The van der Waals surface area contributed by atoms with Gasteiger partial charge in [-0.2, -0.15) is 18.3 Å². The van der Waals surface area contributed by atoms with E-state index in [1.54, 1.807) is 30.3 Å². The van der Waals surface area contributed by atoms with Crippen LogP contribution in [0, 0.1) is 5.92 Å². The van der Waals surface area contributed by atoms with Crippen LogP contribution in [-0.2, 0) is 0 Å². The van der Waals surface area contributed by atoms with E-state index in [2.05, 4.69) is 10.5 Å². The van der Waals surface area contributed by atoms with E-state index in [4.69, 9.17) is 0 Å². The number of aliphatic hydroxyl groups excluding tert-OH is 2. The first-order valence-electron chi connectivity index (χ1n) is 5.22. The second kappa shape index (κ2) is 4.58. The van der Waals surface area contributed by atoms with Crippen LogP contribution in [-0.4, -0.2) is 34.4 Å². The van der Waals surface area contributed by atoms with Crippen molar-refractivity contribution in [1.29, 1.82) is 0 Å². The van der Waals surface area contributed by atoms with Crippen LogP contribution in [0.5, 0.6) is 0 Å². The largest absolute Gasteiger partial charge is 0.415 e. The van der Waals surface area contributed by atoms with Gasteiger partial charge in [-0.3, -0.25) is 5.43 Å². The summed E-state index contributed by atoms with van der Waals surface area (Å²) in [5.74, 6) is -1.53. The summed E-state index contributed by atoms with van der Waals surface area (Å²) in [5, 5.41) is 22.4. The summed E-state index contributed by atoms with van der Waals surface area (Å²) in [6.45, 7) is 0. The van der Waals surface area contributed by atoms with Crippen molar-refractivity contribution in [2.75, 3.05) is 0 Å². The van der Waals surface area contributed by atoms with Crippen LogP contribution in [0.1, 0.15) is 5.56 Å². The van der Waals surface area contributed by atoms with Crippen molar-refractivity contribution in [2.45, 2.75) is 18.5 Å². The van der Waals surface area contributed by atoms with Crippen LogP contribution >= 0.6 is 0 Å². The number of rotatable bonds is 2. The Kier molecular flexibility index (Phi) is 3.27. The molecule has 0 saturated carbocycles. The maximum atomic E-state index is 12.5. The number of hydrogen-bond acceptors (Lipinski definition) is 4. The van der Waals surface area contributed by atoms with E-state index in [9.17, 15) is 23.4 Å². The molecule has 1 heterocycles. The second-order valence-electron chi connectivity index (χ2n) is 3.95. The predicted molar refractivity (Wildman–Crippen MR) is 57.7 cm³/mol. The van der Waals surface area contributed by atoms with Gasteiger partial charge in [0.25, 0.3) is 0 Å². The molecule has 3 N–H and O–H groups in total. The van der Waals surface area contributed by atoms with Crippen molar-refractivity contribution in [3.63, 3.8) is 0 Å². The molecule has 0 fully saturated rings. The molecule has 1 aliphatic rings. The lowest BCUT2D eigenvalue weighted by atomic mass is 9.91. The molecular formula is C11H11F3N2O2. The summed E-state index contributed by atoms with van der Waals surface area (Å²) in [6.07, 6.45) is -9.04. The van der Waals surface area contributed by atoms with Crippen molar-refractivity contribution >= 4 is 5.71 Å². The van der Waals surface area contributed by atoms with Crippen LogP contribution in [0.3, 0.4) is 0 Å². The predicted octanol–water partition coefficient (Wildman–Crippen LogP) is 0.852. The van der Waals surface area contributed by atoms with Gasteiger partial charge in [0, 0.05) is 0 Å². The Morgan fingerprint density at radius 3 is 2.39 bits per heavy atom. The standard InChI is InChI=1S/C11H11F3N2O2/c12-11(13,14)9(17)7-8(15-16-10(7)18)6-4-2-1-3-5-6/h1-5,7,9-10,16-18H. The topological polar surface area (TPSA) is 64.8 Å². The molecule has 98 valence electrons. The van der Waals surface area contributed by atoms with Crippen LogP contribution in [0.2, 0.25) is 0 Å². The minimum Gasteiger partial charge on any atom is -0.383 e. The van der Waals surface area contributed by atoms with E-state index in [1.165, 1.54) is 0 Å². The number of halogens is 3. The normalized spacial score (nSPS) is 25.5. The van der Waals surface area contributed by atoms with E-state index in [1.807, 2.05) is 0 Å². The fourth-order valence-electron chi connectivity index (χ4n) is 1.83. The molecule has 3 unspecified atom stereocenters. The molecule has 4 nitrogen and oxygen atoms in total. The highest BCUT2D eigenvalue weighted by molar-refractivity contribution is 6.03. The van der Waals surface area contributed by atoms with Gasteiger partial charge in [-0.05, 0) is 5.56 Å². The lowest BCUT2D eigenvalue weighted by Gasteiger charge is -2.24. The summed E-state index contributed by atoms with van der Waals surface area (Å²) in [7, 11) is 0. The Bertz CT molecular complexity index is 447. The zero-order chi connectivity index (χ0) is 13.3. The van der Waals surface area contributed by atoms with Crippen molar-refractivity contribution in [2.24, 2.45) is 11.0 Å². The Morgan fingerprint density at radius 1 is 1.22 bits per heavy atom. The number of aliphatic hydroxyl groups is 2. The van der Waals surface area contributed by atoms with Gasteiger partial charge in [-0.1, -0.05) is 30.3 Å². The second-order valence-corrected chi connectivity index (χ2v) is 3.95. The molecule has 0 spiro atoms. The quantitative estimate of drug-likeness (QED) is 0.738. The van der Waals surface area contributed by atoms with E-state index < -0.39 is 24.4 Å². The van der Waals surface area contributed by atoms with Gasteiger partial charge in [0.1, 0.15) is 0 Å². The Morgan fingerprint density at radius 2 is 1.83 bits per heavy atom. The highest BCUT2D eigenvalue weighted by atomic mass is 19.4. The van der Waals surface area contributed by atoms with Crippen molar-refractivity contribution in [3.8, 4) is 0 Å². The van der Waals surface area contributed by atoms with E-state index in [-0.39, 0.29) is 5.71 Å². The molecule has 7 heteroatoms. The number of nitrogens with one attached hydrogen (secondary N) is 1. The lowest BCUT2D eigenvalue weighted by molar-refractivity contribution is -0.219. The molecule has 2 rings (SSSR count). The fraction of sp³-hybridized carbons (Fsp3) is 0.364. The van der Waals surface area contributed by atoms with Crippen LogP contribution < -0.4 is 5.43 Å². The lowest BCUT2D eigenvalue weighted by Crippen LogP contribution is -2.46. The van der Waals surface area contributed by atoms with E-state index in [0.717, 1.165) is 0 Å². The summed E-state index contributed by atoms with van der Waals surface area (Å²) in [6, 6.07) is 8.11. The van der Waals surface area contributed by atoms with E-state index in [0.29, 0.717) is 5.56 Å². The van der Waals surface area contributed by atoms with Crippen molar-refractivity contribution < 1.29 is 23.4 Å². The van der Waals surface area contributed by atoms with Gasteiger partial charge >= 0.3 is 6.18 Å². The Hall–Kier alpha value is -1.60. The van der Waals surface area contributed by atoms with Crippen LogP contribution in [0.25, 0.3) is 0 Å². The van der Waals surface area contributed by atoms with Gasteiger partial charge in [0.2, 0.25) is 0 Å². The number of hydrogen-bond donors (Lipinski definition) is 3. The molecule has 3 atom stereocenters. The van der Waals surface area contributed by atoms with Gasteiger partial charge in [-0.15, -0.1) is 0 Å². The third kappa shape index (κ3) is 2.32. The molecule has 0 aliphatic carbocycles. The SMILES string of the molecule is OC1NN=C(c2ccccc2)C1C(O)C(F)(F)F. The maximum Gasteiger partial charge on any atom is 0.415 e. The number of hydrazone groups is 1. The zero-order valence-electron chi connectivity index (χ0n) is 9.09. The minimum absolute atomic E-state index is 0.00655. The number of nitrogens with zero attached hydrogens (tertiary/aromatic N) is 1. The summed E-state index contributed by atoms with van der Waals surface area (Å²) in [5.41, 5.74) is 2.57. The third-order valence-electron chi connectivity index (χ3n) is 2.72. The average Bonchev–Trinajstić information content (AvgIpc) is 2.70. The highest BCUT2D eigenvalue weighted by Crippen LogP contribution is 2.31. The first-order valence-corrected chi connectivity index (χ1v) is 5.22. The van der Waals surface area contributed by atoms with Crippen LogP contribution in [0.4, 0.5) is 13.2 Å². The molecular weight excluding hydrogens is 249 g/mol. The molecule has 1 aromatic carbocycles. The summed E-state index contributed by atoms with van der Waals surface area (Å²) in [4.78, 5) is 0. The first-order chi connectivity index (χ1) is 8.41. The summed E-state index contributed by atoms with van der Waals surface area (Å²) >= 11 is 0. The number of benzene rings is 1. The molecule has 0 saturated heterocycles. The zero-order valence-corrected chi connectivity index (χ0v) is 9.09. The first kappa shape index (κ1) is 12.8. The minimum atomic E-state index is -4.81. The third-order valence-corrected chi connectivity index (χ3v) is 2.72. The van der Waals surface area contributed by atoms with Gasteiger partial charge in [-0.25, -0.2) is 0 Å². The van der Waals surface area contributed by atoms with Gasteiger partial charge in [0.15, 0.2) is 12.3 Å². The smallest absolute Gasteiger partial charge is 0.383 e. The van der Waals surface area contributed by atoms with Crippen LogP contribution in [0.15, 0.2) is 35.4 Å². The summed E-state index contributed by atoms with van der Waals surface area (Å²) < 4.78 is 37.6. The molecule has 1 aromatic rings. The molecule has 18 heavy (non-hydrogen) atoms. The molecule has 0 radical (unpaired) electrons. The Balaban J connectivity index is 2.31. The monoisotopic (exact) mass is 260 g/mol. The van der Waals surface area contributed by atoms with Crippen molar-refractivity contribution in [3.05, 3.63) is 35.9 Å². The molecule has 0 aromatic heterocycles. The molecule has 0 amide bonds. The van der Waals surface area contributed by atoms with Gasteiger partial charge < -0.3 is 10.2 Å². The molecule has 0 bridgehead atoms. The van der Waals surface area contributed by atoms with E-state index >= 15 is 0 Å².